The Balaban J connectivity index is 1.48. The number of carbonyl (C=O) groups is 1. The minimum atomic E-state index is -1.50. The molecule has 0 spiro atoms. The van der Waals surface area contributed by atoms with Gasteiger partial charge in [0.15, 0.2) is 17.4 Å². The molecule has 1 fully saturated rings. The number of carboxylic acids is 1. The van der Waals surface area contributed by atoms with Crippen molar-refractivity contribution < 1.29 is 33.3 Å². The number of methoxy groups -OCH3 is 1. The Bertz CT molecular complexity index is 1350. The second-order valence-electron chi connectivity index (χ2n) is 10.9. The van der Waals surface area contributed by atoms with Gasteiger partial charge in [0, 0.05) is 30.8 Å². The van der Waals surface area contributed by atoms with Crippen LogP contribution in [0.5, 0.6) is 5.75 Å². The highest BCUT2D eigenvalue weighted by atomic mass is 19.1. The first-order chi connectivity index (χ1) is 19.2. The first-order valence-electron chi connectivity index (χ1n) is 13.8. The van der Waals surface area contributed by atoms with Gasteiger partial charge in [-0.2, -0.15) is 0 Å². The number of hydrogen-bond donors (Lipinski definition) is 2. The number of benzene rings is 2. The molecule has 2 N–H and O–H groups in total. The van der Waals surface area contributed by atoms with E-state index in [-0.39, 0.29) is 23.7 Å². The number of carboxylic acid groups (broad SMARTS) is 1. The highest BCUT2D eigenvalue weighted by Gasteiger charge is 2.32. The number of hydrogen-bond acceptors (Lipinski definition) is 6. The highest BCUT2D eigenvalue weighted by molar-refractivity contribution is 5.79. The minimum Gasteiger partial charge on any atom is -0.482 e. The Labute approximate surface area is 233 Å². The maximum Gasteiger partial charge on any atom is 0.309 e. The molecule has 2 aromatic rings. The molecule has 7 nitrogen and oxygen atoms in total. The van der Waals surface area contributed by atoms with Crippen LogP contribution in [0.3, 0.4) is 0 Å². The SMILES string of the molecule is COC1=CC(c2ccc(C3CCc4ccc([C@H](O)[C@H](C)C(=O)O)c(F)c4O3)cc2CN2CCCC2)=C(F)CN1C. The average molecular weight is 555 g/mol. The highest BCUT2D eigenvalue weighted by Crippen LogP contribution is 2.41. The van der Waals surface area contributed by atoms with Gasteiger partial charge in [-0.25, -0.2) is 8.78 Å². The van der Waals surface area contributed by atoms with Crippen molar-refractivity contribution in [1.82, 2.24) is 9.80 Å². The molecule has 0 aromatic heterocycles. The Kier molecular flexibility index (Phi) is 8.14. The average Bonchev–Trinajstić information content (AvgIpc) is 3.46. The van der Waals surface area contributed by atoms with Crippen molar-refractivity contribution >= 4 is 11.5 Å². The van der Waals surface area contributed by atoms with Crippen molar-refractivity contribution in [1.29, 1.82) is 0 Å². The molecule has 1 unspecified atom stereocenters. The number of aliphatic carboxylic acids is 1. The number of aryl methyl sites for hydroxylation is 1. The van der Waals surface area contributed by atoms with E-state index in [1.807, 2.05) is 18.2 Å². The van der Waals surface area contributed by atoms with Crippen LogP contribution in [0.15, 0.2) is 48.1 Å². The van der Waals surface area contributed by atoms with Crippen molar-refractivity contribution in [2.75, 3.05) is 33.8 Å². The van der Waals surface area contributed by atoms with E-state index in [0.717, 1.165) is 42.6 Å². The number of fused-ring (bicyclic) bond motifs is 1. The van der Waals surface area contributed by atoms with Crippen LogP contribution in [-0.4, -0.2) is 59.8 Å². The van der Waals surface area contributed by atoms with Gasteiger partial charge < -0.3 is 24.6 Å². The van der Waals surface area contributed by atoms with Crippen LogP contribution in [0.4, 0.5) is 8.78 Å². The van der Waals surface area contributed by atoms with Crippen molar-refractivity contribution in [2.45, 2.75) is 51.4 Å². The van der Waals surface area contributed by atoms with Crippen molar-refractivity contribution in [3.8, 4) is 5.75 Å². The zero-order valence-electron chi connectivity index (χ0n) is 23.1. The number of aliphatic hydroxyl groups excluding tert-OH is 1. The fourth-order valence-corrected chi connectivity index (χ4v) is 5.80. The van der Waals surface area contributed by atoms with Gasteiger partial charge in [0.05, 0.1) is 25.7 Å². The lowest BCUT2D eigenvalue weighted by molar-refractivity contribution is -0.145. The molecule has 0 aliphatic carbocycles. The molecular weight excluding hydrogens is 518 g/mol. The lowest BCUT2D eigenvalue weighted by atomic mass is 9.90. The quantitative estimate of drug-likeness (QED) is 0.455. The summed E-state index contributed by atoms with van der Waals surface area (Å²) in [5.74, 6) is -2.71. The molecule has 0 radical (unpaired) electrons. The van der Waals surface area contributed by atoms with Crippen LogP contribution in [0, 0.1) is 11.7 Å². The first-order valence-corrected chi connectivity index (χ1v) is 13.8. The summed E-state index contributed by atoms with van der Waals surface area (Å²) in [6, 6.07) is 8.98. The molecule has 9 heteroatoms. The second kappa shape index (κ2) is 11.6. The third-order valence-corrected chi connectivity index (χ3v) is 8.23. The van der Waals surface area contributed by atoms with E-state index in [1.54, 1.807) is 31.2 Å². The maximum atomic E-state index is 15.6. The van der Waals surface area contributed by atoms with Gasteiger partial charge in [-0.05, 0) is 68.0 Å². The molecule has 3 heterocycles. The van der Waals surface area contributed by atoms with E-state index >= 15 is 8.78 Å². The number of ether oxygens (including phenoxy) is 2. The summed E-state index contributed by atoms with van der Waals surface area (Å²) in [6.45, 7) is 4.08. The molecule has 2 aromatic carbocycles. The Morgan fingerprint density at radius 1 is 1.20 bits per heavy atom. The standard InChI is InChI=1S/C31H36F2N2O5/c1-18(31(37)38)29(36)23-10-6-19-8-11-26(40-30(19)28(23)33)20-7-9-22(21(14-20)16-35-12-4-5-13-35)24-15-27(39-3)34(2)17-25(24)32/h6-7,9-10,14-15,18,26,29,36H,4-5,8,11-13,16-17H2,1-3H3,(H,37,38)/t18-,26?,29+/m0/s1. The van der Waals surface area contributed by atoms with Gasteiger partial charge >= 0.3 is 5.97 Å². The predicted octanol–water partition coefficient (Wildman–Crippen LogP) is 5.36. The summed E-state index contributed by atoms with van der Waals surface area (Å²) in [5.41, 5.74) is 3.71. The largest absolute Gasteiger partial charge is 0.482 e. The van der Waals surface area contributed by atoms with Crippen molar-refractivity contribution in [3.63, 3.8) is 0 Å². The zero-order chi connectivity index (χ0) is 28.6. The minimum absolute atomic E-state index is 0.0484. The van der Waals surface area contributed by atoms with Crippen molar-refractivity contribution in [3.05, 3.63) is 81.8 Å². The van der Waals surface area contributed by atoms with Gasteiger partial charge in [-0.1, -0.05) is 30.3 Å². The smallest absolute Gasteiger partial charge is 0.309 e. The monoisotopic (exact) mass is 554 g/mol. The number of halogens is 2. The van der Waals surface area contributed by atoms with E-state index in [9.17, 15) is 15.0 Å². The summed E-state index contributed by atoms with van der Waals surface area (Å²) < 4.78 is 42.5. The van der Waals surface area contributed by atoms with E-state index in [0.29, 0.717) is 36.4 Å². The normalized spacial score (nSPS) is 21.0. The number of likely N-dealkylation sites (tertiary alicyclic amines) is 1. The number of aliphatic hydroxyl groups is 1. The van der Waals surface area contributed by atoms with E-state index in [2.05, 4.69) is 4.90 Å². The molecule has 214 valence electrons. The Morgan fingerprint density at radius 3 is 2.65 bits per heavy atom. The summed E-state index contributed by atoms with van der Waals surface area (Å²) in [5, 5.41) is 19.8. The topological polar surface area (TPSA) is 82.5 Å². The number of likely N-dealkylation sites (N-methyl/N-ethyl adjacent to an activating group) is 1. The Hall–Kier alpha value is -3.43. The lowest BCUT2D eigenvalue weighted by Crippen LogP contribution is -2.25. The van der Waals surface area contributed by atoms with Crippen LogP contribution in [0.25, 0.3) is 5.57 Å². The van der Waals surface area contributed by atoms with Crippen LogP contribution in [0.1, 0.15) is 66.2 Å². The summed E-state index contributed by atoms with van der Waals surface area (Å²) in [4.78, 5) is 15.4. The van der Waals surface area contributed by atoms with Gasteiger partial charge in [-0.3, -0.25) is 9.69 Å². The molecule has 3 aliphatic heterocycles. The first kappa shape index (κ1) is 28.1. The fraction of sp³-hybridized carbons (Fsp3) is 0.452. The predicted molar refractivity (Wildman–Crippen MR) is 147 cm³/mol. The van der Waals surface area contributed by atoms with Gasteiger partial charge in [0.2, 0.25) is 0 Å². The third kappa shape index (κ3) is 5.45. The summed E-state index contributed by atoms with van der Waals surface area (Å²) in [7, 11) is 3.35. The molecule has 1 saturated heterocycles. The molecule has 5 rings (SSSR count). The number of allylic oxidation sites excluding steroid dienone is 2. The van der Waals surface area contributed by atoms with E-state index in [4.69, 9.17) is 9.47 Å². The molecule has 0 bridgehead atoms. The summed E-state index contributed by atoms with van der Waals surface area (Å²) >= 11 is 0. The lowest BCUT2D eigenvalue weighted by Gasteiger charge is -2.30. The molecule has 40 heavy (non-hydrogen) atoms. The van der Waals surface area contributed by atoms with Gasteiger partial charge in [0.25, 0.3) is 0 Å². The molecular formula is C31H36F2N2O5. The molecule has 3 aliphatic rings. The fourth-order valence-electron chi connectivity index (χ4n) is 5.80. The van der Waals surface area contributed by atoms with Gasteiger partial charge in [-0.15, -0.1) is 0 Å². The van der Waals surface area contributed by atoms with Crippen LogP contribution >= 0.6 is 0 Å². The van der Waals surface area contributed by atoms with E-state index < -0.39 is 29.9 Å². The maximum absolute atomic E-state index is 15.6. The van der Waals surface area contributed by atoms with Crippen LogP contribution < -0.4 is 4.74 Å². The number of nitrogens with zero attached hydrogens (tertiary/aromatic N) is 2. The number of rotatable bonds is 8. The van der Waals surface area contributed by atoms with Crippen molar-refractivity contribution in [2.24, 2.45) is 5.92 Å². The second-order valence-corrected chi connectivity index (χ2v) is 10.9. The van der Waals surface area contributed by atoms with Crippen LogP contribution in [0.2, 0.25) is 0 Å². The van der Waals surface area contributed by atoms with Crippen LogP contribution in [-0.2, 0) is 22.5 Å². The molecule has 0 amide bonds. The molecule has 3 atom stereocenters. The van der Waals surface area contributed by atoms with Gasteiger partial charge in [0.1, 0.15) is 11.9 Å². The van der Waals surface area contributed by atoms with E-state index in [1.165, 1.54) is 13.0 Å². The zero-order valence-corrected chi connectivity index (χ0v) is 23.1. The molecule has 0 saturated carbocycles. The summed E-state index contributed by atoms with van der Waals surface area (Å²) in [6.07, 6.45) is 3.23. The third-order valence-electron chi connectivity index (χ3n) is 8.23. The Morgan fingerprint density at radius 2 is 1.95 bits per heavy atom.